The molecule has 3 N–H and O–H groups in total. The van der Waals surface area contributed by atoms with Crippen molar-refractivity contribution in [1.29, 1.82) is 0 Å². The lowest BCUT2D eigenvalue weighted by Gasteiger charge is -2.22. The third-order valence-corrected chi connectivity index (χ3v) is 3.92. The lowest BCUT2D eigenvalue weighted by molar-refractivity contribution is 0.177. The summed E-state index contributed by atoms with van der Waals surface area (Å²) < 4.78 is 11.3. The maximum absolute atomic E-state index is 6.01. The van der Waals surface area contributed by atoms with Gasteiger partial charge in [-0.15, -0.1) is 0 Å². The van der Waals surface area contributed by atoms with Crippen molar-refractivity contribution in [3.63, 3.8) is 0 Å². The van der Waals surface area contributed by atoms with Gasteiger partial charge < -0.3 is 9.47 Å². The van der Waals surface area contributed by atoms with E-state index in [0.717, 1.165) is 24.3 Å². The Morgan fingerprint density at radius 3 is 2.90 bits per heavy atom. The van der Waals surface area contributed by atoms with Crippen LogP contribution < -0.4 is 20.7 Å². The summed E-state index contributed by atoms with van der Waals surface area (Å²) in [7, 11) is 1.68. The Kier molecular flexibility index (Phi) is 4.08. The second-order valence-electron chi connectivity index (χ2n) is 5.30. The molecule has 0 saturated carbocycles. The Morgan fingerprint density at radius 2 is 2.14 bits per heavy atom. The smallest absolute Gasteiger partial charge is 0.123 e. The summed E-state index contributed by atoms with van der Waals surface area (Å²) in [4.78, 5) is 0. The Labute approximate surface area is 124 Å². The highest BCUT2D eigenvalue weighted by Crippen LogP contribution is 2.30. The third kappa shape index (κ3) is 3.01. The highest BCUT2D eigenvalue weighted by molar-refractivity contribution is 5.38. The number of para-hydroxylation sites is 1. The number of benzene rings is 2. The Balaban J connectivity index is 1.72. The predicted molar refractivity (Wildman–Crippen MR) is 82.4 cm³/mol. The van der Waals surface area contributed by atoms with Crippen LogP contribution in [0.25, 0.3) is 0 Å². The number of methoxy groups -OCH3 is 1. The maximum atomic E-state index is 6.01. The summed E-state index contributed by atoms with van der Waals surface area (Å²) in [5, 5.41) is 0. The molecule has 1 heterocycles. The van der Waals surface area contributed by atoms with E-state index in [1.165, 1.54) is 11.1 Å². The van der Waals surface area contributed by atoms with Crippen LogP contribution in [-0.2, 0) is 12.8 Å². The minimum absolute atomic E-state index is 0.0543. The molecule has 0 spiro atoms. The zero-order chi connectivity index (χ0) is 14.7. The molecule has 1 aliphatic rings. The van der Waals surface area contributed by atoms with E-state index >= 15 is 0 Å². The number of hydrogen-bond donors (Lipinski definition) is 2. The van der Waals surface area contributed by atoms with Crippen molar-refractivity contribution in [2.24, 2.45) is 5.84 Å². The van der Waals surface area contributed by atoms with E-state index < -0.39 is 0 Å². The van der Waals surface area contributed by atoms with Gasteiger partial charge in [0.15, 0.2) is 0 Å². The first-order valence-electron chi connectivity index (χ1n) is 7.14. The van der Waals surface area contributed by atoms with Crippen LogP contribution in [0, 0.1) is 0 Å². The van der Waals surface area contributed by atoms with E-state index in [0.29, 0.717) is 0 Å². The van der Waals surface area contributed by atoms with Crippen molar-refractivity contribution < 1.29 is 9.47 Å². The molecule has 0 aromatic heterocycles. The molecule has 0 amide bonds. The van der Waals surface area contributed by atoms with Gasteiger partial charge in [-0.05, 0) is 35.7 Å². The van der Waals surface area contributed by atoms with Gasteiger partial charge in [-0.25, -0.2) is 0 Å². The molecule has 110 valence electrons. The average Bonchev–Trinajstić information content (AvgIpc) is 2.96. The molecule has 4 nitrogen and oxygen atoms in total. The fourth-order valence-corrected chi connectivity index (χ4v) is 2.78. The van der Waals surface area contributed by atoms with Gasteiger partial charge in [-0.2, -0.15) is 0 Å². The number of rotatable bonds is 5. The third-order valence-electron chi connectivity index (χ3n) is 3.92. The van der Waals surface area contributed by atoms with Gasteiger partial charge in [0.25, 0.3) is 0 Å². The molecule has 0 saturated heterocycles. The minimum atomic E-state index is 0.0543. The second-order valence-corrected chi connectivity index (χ2v) is 5.30. The monoisotopic (exact) mass is 284 g/mol. The molecule has 2 aromatic rings. The summed E-state index contributed by atoms with van der Waals surface area (Å²) in [5.74, 6) is 7.57. The molecule has 0 radical (unpaired) electrons. The van der Waals surface area contributed by atoms with Gasteiger partial charge >= 0.3 is 0 Å². The quantitative estimate of drug-likeness (QED) is 0.652. The highest BCUT2D eigenvalue weighted by atomic mass is 16.5. The topological polar surface area (TPSA) is 56.5 Å². The maximum Gasteiger partial charge on any atom is 0.123 e. The van der Waals surface area contributed by atoms with Crippen LogP contribution >= 0.6 is 0 Å². The van der Waals surface area contributed by atoms with E-state index in [4.69, 9.17) is 15.3 Å². The van der Waals surface area contributed by atoms with E-state index in [1.807, 2.05) is 36.4 Å². The summed E-state index contributed by atoms with van der Waals surface area (Å²) in [6, 6.07) is 16.3. The molecule has 2 aromatic carbocycles. The molecular formula is C17H20N2O2. The van der Waals surface area contributed by atoms with Gasteiger partial charge in [0.2, 0.25) is 0 Å². The van der Waals surface area contributed by atoms with Crippen LogP contribution in [0.4, 0.5) is 0 Å². The fourth-order valence-electron chi connectivity index (χ4n) is 2.78. The van der Waals surface area contributed by atoms with Gasteiger partial charge in [0.05, 0.1) is 13.2 Å². The van der Waals surface area contributed by atoms with Gasteiger partial charge in [-0.1, -0.05) is 30.3 Å². The standard InChI is InChI=1S/C17H20N2O2/c1-20-14-7-4-5-12(9-14)10-15(19-18)17-11-13-6-2-3-8-16(13)21-17/h2-9,15,17,19H,10-11,18H2,1H3. The van der Waals surface area contributed by atoms with E-state index in [2.05, 4.69) is 17.6 Å². The van der Waals surface area contributed by atoms with Crippen LogP contribution in [0.1, 0.15) is 11.1 Å². The molecule has 0 aliphatic carbocycles. The van der Waals surface area contributed by atoms with Gasteiger partial charge in [0.1, 0.15) is 17.6 Å². The Bertz CT molecular complexity index is 590. The molecule has 2 atom stereocenters. The van der Waals surface area contributed by atoms with Crippen LogP contribution in [0.3, 0.4) is 0 Å². The van der Waals surface area contributed by atoms with Crippen molar-refractivity contribution in [2.45, 2.75) is 25.0 Å². The van der Waals surface area contributed by atoms with Crippen LogP contribution in [-0.4, -0.2) is 19.3 Å². The number of fused-ring (bicyclic) bond motifs is 1. The molecule has 1 aliphatic heterocycles. The number of nitrogens with one attached hydrogen (secondary N) is 1. The molecule has 2 unspecified atom stereocenters. The summed E-state index contributed by atoms with van der Waals surface area (Å²) in [5.41, 5.74) is 5.32. The molecule has 3 rings (SSSR count). The SMILES string of the molecule is COc1cccc(CC(NN)C2Cc3ccccc3O2)c1. The number of nitrogens with two attached hydrogens (primary N) is 1. The summed E-state index contributed by atoms with van der Waals surface area (Å²) >= 11 is 0. The number of hydrazine groups is 1. The van der Waals surface area contributed by atoms with Crippen molar-refractivity contribution in [3.05, 3.63) is 59.7 Å². The highest BCUT2D eigenvalue weighted by Gasteiger charge is 2.29. The van der Waals surface area contributed by atoms with E-state index in [1.54, 1.807) is 7.11 Å². The Morgan fingerprint density at radius 1 is 1.29 bits per heavy atom. The summed E-state index contributed by atoms with van der Waals surface area (Å²) in [6.07, 6.45) is 1.74. The van der Waals surface area contributed by atoms with Crippen LogP contribution in [0.2, 0.25) is 0 Å². The van der Waals surface area contributed by atoms with Crippen molar-refractivity contribution in [3.8, 4) is 11.5 Å². The van der Waals surface area contributed by atoms with Crippen molar-refractivity contribution >= 4 is 0 Å². The molecule has 0 bridgehead atoms. The molecule has 0 fully saturated rings. The minimum Gasteiger partial charge on any atom is -0.497 e. The first-order valence-corrected chi connectivity index (χ1v) is 7.14. The van der Waals surface area contributed by atoms with Gasteiger partial charge in [-0.3, -0.25) is 11.3 Å². The average molecular weight is 284 g/mol. The predicted octanol–water partition coefficient (Wildman–Crippen LogP) is 2.07. The fraction of sp³-hybridized carbons (Fsp3) is 0.294. The zero-order valence-electron chi connectivity index (χ0n) is 12.1. The van der Waals surface area contributed by atoms with Crippen molar-refractivity contribution in [2.75, 3.05) is 7.11 Å². The van der Waals surface area contributed by atoms with E-state index in [9.17, 15) is 0 Å². The van der Waals surface area contributed by atoms with Crippen LogP contribution in [0.5, 0.6) is 11.5 Å². The normalized spacial score (nSPS) is 17.9. The number of ether oxygens (including phenoxy) is 2. The second kappa shape index (κ2) is 6.16. The Hall–Kier alpha value is -2.04. The summed E-state index contributed by atoms with van der Waals surface area (Å²) in [6.45, 7) is 0. The lowest BCUT2D eigenvalue weighted by Crippen LogP contribution is -2.47. The van der Waals surface area contributed by atoms with Gasteiger partial charge in [0, 0.05) is 6.42 Å². The van der Waals surface area contributed by atoms with Crippen LogP contribution in [0.15, 0.2) is 48.5 Å². The molecular weight excluding hydrogens is 264 g/mol. The molecule has 4 heteroatoms. The first-order chi connectivity index (χ1) is 10.3. The largest absolute Gasteiger partial charge is 0.497 e. The van der Waals surface area contributed by atoms with E-state index in [-0.39, 0.29) is 12.1 Å². The molecule has 21 heavy (non-hydrogen) atoms. The number of hydrogen-bond acceptors (Lipinski definition) is 4. The zero-order valence-corrected chi connectivity index (χ0v) is 12.1. The van der Waals surface area contributed by atoms with Crippen molar-refractivity contribution in [1.82, 2.24) is 5.43 Å². The lowest BCUT2D eigenvalue weighted by atomic mass is 9.98. The first kappa shape index (κ1) is 13.9.